The Hall–Kier alpha value is -4.43. The molecule has 0 unspecified atom stereocenters. The normalized spacial score (nSPS) is 10.9. The number of hydrogen-bond acceptors (Lipinski definition) is 5. The highest BCUT2D eigenvalue weighted by Gasteiger charge is 2.18. The minimum absolute atomic E-state index is 0.0729. The Balaban J connectivity index is 2.18. The van der Waals surface area contributed by atoms with Gasteiger partial charge < -0.3 is 0 Å². The highest BCUT2D eigenvalue weighted by atomic mass is 16.6. The number of allylic oxidation sites excluding steroid dienone is 1. The van der Waals surface area contributed by atoms with Crippen LogP contribution in [0.15, 0.2) is 59.4 Å². The van der Waals surface area contributed by atoms with E-state index in [-0.39, 0.29) is 22.5 Å². The van der Waals surface area contributed by atoms with Crippen LogP contribution < -0.4 is 5.56 Å². The number of non-ortho nitro benzene ring substituents is 1. The van der Waals surface area contributed by atoms with Gasteiger partial charge in [-0.05, 0) is 35.9 Å². The monoisotopic (exact) mass is 371 g/mol. The van der Waals surface area contributed by atoms with Gasteiger partial charge in [0.15, 0.2) is 0 Å². The van der Waals surface area contributed by atoms with Crippen LogP contribution in [0.1, 0.15) is 16.8 Å². The van der Waals surface area contributed by atoms with Crippen LogP contribution in [-0.2, 0) is 7.05 Å². The molecule has 136 valence electrons. The summed E-state index contributed by atoms with van der Waals surface area (Å²) in [4.78, 5) is 23.2. The van der Waals surface area contributed by atoms with Crippen molar-refractivity contribution in [2.24, 2.45) is 7.05 Å². The molecule has 28 heavy (non-hydrogen) atoms. The van der Waals surface area contributed by atoms with Crippen molar-refractivity contribution in [2.75, 3.05) is 0 Å². The number of hydrogen-bond donors (Lipinski definition) is 0. The van der Waals surface area contributed by atoms with Gasteiger partial charge >= 0.3 is 0 Å². The van der Waals surface area contributed by atoms with Crippen LogP contribution in [0, 0.1) is 32.8 Å². The summed E-state index contributed by atoms with van der Waals surface area (Å²) in [6.07, 6.45) is 1.33. The third-order valence-corrected chi connectivity index (χ3v) is 4.21. The van der Waals surface area contributed by atoms with Crippen molar-refractivity contribution in [2.45, 2.75) is 0 Å². The standard InChI is InChI=1S/C20H13N5O3/c1-23-19(13-22)18(20(26)24(23)16-5-3-2-4-6-16)11-15(12-21)14-7-9-17(10-8-14)25(27)28/h2-11H,1H3. The zero-order valence-electron chi connectivity index (χ0n) is 14.7. The van der Waals surface area contributed by atoms with Gasteiger partial charge in [-0.25, -0.2) is 4.68 Å². The number of aromatic nitrogens is 2. The number of nitrogens with zero attached hydrogens (tertiary/aromatic N) is 5. The average Bonchev–Trinajstić information content (AvgIpc) is 2.95. The molecule has 1 aromatic heterocycles. The molecule has 0 saturated carbocycles. The quantitative estimate of drug-likeness (QED) is 0.397. The lowest BCUT2D eigenvalue weighted by Crippen LogP contribution is -2.20. The van der Waals surface area contributed by atoms with E-state index in [4.69, 9.17) is 0 Å². The van der Waals surface area contributed by atoms with Gasteiger partial charge in [0.2, 0.25) is 0 Å². The van der Waals surface area contributed by atoms with Gasteiger partial charge in [-0.15, -0.1) is 0 Å². The molecule has 3 rings (SSSR count). The SMILES string of the molecule is Cn1c(C#N)c(C=C(C#N)c2ccc([N+](=O)[O-])cc2)c(=O)n1-c1ccccc1. The predicted molar refractivity (Wildman–Crippen MR) is 102 cm³/mol. The number of nitriles is 2. The van der Waals surface area contributed by atoms with E-state index in [1.807, 2.05) is 18.2 Å². The molecule has 0 N–H and O–H groups in total. The van der Waals surface area contributed by atoms with E-state index in [1.54, 1.807) is 31.3 Å². The molecule has 0 bridgehead atoms. The zero-order chi connectivity index (χ0) is 20.3. The molecule has 8 heteroatoms. The molecule has 0 spiro atoms. The van der Waals surface area contributed by atoms with Crippen LogP contribution in [0.5, 0.6) is 0 Å². The van der Waals surface area contributed by atoms with Gasteiger partial charge in [0, 0.05) is 19.2 Å². The van der Waals surface area contributed by atoms with Gasteiger partial charge in [-0.3, -0.25) is 19.6 Å². The Morgan fingerprint density at radius 3 is 2.29 bits per heavy atom. The summed E-state index contributed by atoms with van der Waals surface area (Å²) in [6, 6.07) is 18.2. The van der Waals surface area contributed by atoms with Gasteiger partial charge in [0.25, 0.3) is 11.2 Å². The molecule has 0 amide bonds. The van der Waals surface area contributed by atoms with E-state index >= 15 is 0 Å². The van der Waals surface area contributed by atoms with Crippen LogP contribution in [-0.4, -0.2) is 14.3 Å². The van der Waals surface area contributed by atoms with Crippen LogP contribution in [0.25, 0.3) is 17.3 Å². The van der Waals surface area contributed by atoms with E-state index in [2.05, 4.69) is 0 Å². The summed E-state index contributed by atoms with van der Waals surface area (Å²) in [5.74, 6) is 0. The Morgan fingerprint density at radius 1 is 1.11 bits per heavy atom. The second-order valence-electron chi connectivity index (χ2n) is 5.82. The first-order valence-electron chi connectivity index (χ1n) is 8.12. The van der Waals surface area contributed by atoms with Crippen molar-refractivity contribution in [3.05, 3.63) is 91.9 Å². The van der Waals surface area contributed by atoms with E-state index in [0.717, 1.165) is 0 Å². The molecule has 0 aliphatic carbocycles. The minimum atomic E-state index is -0.539. The molecule has 3 aromatic rings. The molecule has 2 aromatic carbocycles. The Bertz CT molecular complexity index is 1220. The second kappa shape index (κ2) is 7.44. The lowest BCUT2D eigenvalue weighted by molar-refractivity contribution is -0.384. The summed E-state index contributed by atoms with van der Waals surface area (Å²) in [6.45, 7) is 0. The maximum atomic E-state index is 12.9. The molecular formula is C20H13N5O3. The van der Waals surface area contributed by atoms with Gasteiger partial charge in [0.05, 0.1) is 27.8 Å². The van der Waals surface area contributed by atoms with E-state index in [0.29, 0.717) is 11.3 Å². The zero-order valence-corrected chi connectivity index (χ0v) is 14.7. The molecular weight excluding hydrogens is 358 g/mol. The van der Waals surface area contributed by atoms with E-state index in [9.17, 15) is 25.4 Å². The minimum Gasteiger partial charge on any atom is -0.270 e. The van der Waals surface area contributed by atoms with Crippen molar-refractivity contribution in [1.82, 2.24) is 9.36 Å². The molecule has 0 aliphatic rings. The first kappa shape index (κ1) is 18.4. The van der Waals surface area contributed by atoms with Crippen LogP contribution in [0.4, 0.5) is 5.69 Å². The average molecular weight is 371 g/mol. The topological polar surface area (TPSA) is 118 Å². The van der Waals surface area contributed by atoms with Gasteiger partial charge in [0.1, 0.15) is 11.8 Å². The van der Waals surface area contributed by atoms with E-state index in [1.165, 1.54) is 39.7 Å². The molecule has 0 saturated heterocycles. The van der Waals surface area contributed by atoms with E-state index < -0.39 is 10.5 Å². The fourth-order valence-electron chi connectivity index (χ4n) is 2.84. The molecule has 0 radical (unpaired) electrons. The summed E-state index contributed by atoms with van der Waals surface area (Å²) in [5.41, 5.74) is 0.734. The number of para-hydroxylation sites is 1. The molecule has 8 nitrogen and oxygen atoms in total. The summed E-state index contributed by atoms with van der Waals surface area (Å²) < 4.78 is 2.77. The fraction of sp³-hybridized carbons (Fsp3) is 0.0500. The highest BCUT2D eigenvalue weighted by molar-refractivity contribution is 5.90. The van der Waals surface area contributed by atoms with Gasteiger partial charge in [-0.1, -0.05) is 18.2 Å². The van der Waals surface area contributed by atoms with Crippen molar-refractivity contribution < 1.29 is 4.92 Å². The Kier molecular flexibility index (Phi) is 4.88. The Morgan fingerprint density at radius 2 is 1.75 bits per heavy atom. The molecule has 0 fully saturated rings. The summed E-state index contributed by atoms with van der Waals surface area (Å²) in [7, 11) is 1.59. The third kappa shape index (κ3) is 3.18. The summed E-state index contributed by atoms with van der Waals surface area (Å²) in [5, 5.41) is 29.8. The van der Waals surface area contributed by atoms with Crippen molar-refractivity contribution in [1.29, 1.82) is 10.5 Å². The number of benzene rings is 2. The smallest absolute Gasteiger partial charge is 0.270 e. The third-order valence-electron chi connectivity index (χ3n) is 4.21. The first-order valence-corrected chi connectivity index (χ1v) is 8.12. The number of nitro benzene ring substituents is 1. The Labute approximate surface area is 159 Å². The van der Waals surface area contributed by atoms with Crippen LogP contribution >= 0.6 is 0 Å². The lowest BCUT2D eigenvalue weighted by atomic mass is 10.0. The van der Waals surface area contributed by atoms with Crippen molar-refractivity contribution in [3.63, 3.8) is 0 Å². The molecule has 0 aliphatic heterocycles. The molecule has 1 heterocycles. The highest BCUT2D eigenvalue weighted by Crippen LogP contribution is 2.21. The largest absolute Gasteiger partial charge is 0.280 e. The number of rotatable bonds is 4. The fourth-order valence-corrected chi connectivity index (χ4v) is 2.84. The second-order valence-corrected chi connectivity index (χ2v) is 5.82. The summed E-state index contributed by atoms with van der Waals surface area (Å²) >= 11 is 0. The lowest BCUT2D eigenvalue weighted by Gasteiger charge is -2.06. The maximum absolute atomic E-state index is 12.9. The molecule has 0 atom stereocenters. The van der Waals surface area contributed by atoms with Gasteiger partial charge in [-0.2, -0.15) is 10.5 Å². The predicted octanol–water partition coefficient (Wildman–Crippen LogP) is 3.02. The first-order chi connectivity index (χ1) is 13.5. The number of nitro groups is 1. The van der Waals surface area contributed by atoms with Crippen molar-refractivity contribution >= 4 is 17.3 Å². The van der Waals surface area contributed by atoms with Crippen LogP contribution in [0.2, 0.25) is 0 Å². The van der Waals surface area contributed by atoms with Crippen molar-refractivity contribution in [3.8, 4) is 17.8 Å². The maximum Gasteiger partial charge on any atom is 0.280 e. The van der Waals surface area contributed by atoms with Crippen LogP contribution in [0.3, 0.4) is 0 Å².